The van der Waals surface area contributed by atoms with Gasteiger partial charge in [-0.15, -0.1) is 0 Å². The Morgan fingerprint density at radius 2 is 2.06 bits per heavy atom. The smallest absolute Gasteiger partial charge is 0.337 e. The van der Waals surface area contributed by atoms with Crippen molar-refractivity contribution in [2.75, 3.05) is 16.2 Å². The highest BCUT2D eigenvalue weighted by atomic mass is 32.2. The van der Waals surface area contributed by atoms with Crippen molar-refractivity contribution in [2.24, 2.45) is 5.92 Å². The molecule has 1 aromatic carbocycles. The standard InChI is InChI=1S/C11H16N2O4S/c1-7(2)6-18(16,17)13-10-4-3-8(12)5-9(10)11(14)15/h3-5,7,13H,6,12H2,1-2H3,(H,14,15). The lowest BCUT2D eigenvalue weighted by Crippen LogP contribution is -2.21. The fourth-order valence-corrected chi connectivity index (χ4v) is 2.95. The largest absolute Gasteiger partial charge is 0.478 e. The van der Waals surface area contributed by atoms with Gasteiger partial charge in [0.1, 0.15) is 0 Å². The average molecular weight is 272 g/mol. The van der Waals surface area contributed by atoms with Crippen LogP contribution in [-0.4, -0.2) is 25.2 Å². The van der Waals surface area contributed by atoms with Gasteiger partial charge in [0.05, 0.1) is 17.0 Å². The maximum absolute atomic E-state index is 11.7. The minimum atomic E-state index is -3.56. The van der Waals surface area contributed by atoms with E-state index in [9.17, 15) is 13.2 Å². The number of anilines is 2. The van der Waals surface area contributed by atoms with Gasteiger partial charge in [0, 0.05) is 5.69 Å². The average Bonchev–Trinajstić information content (AvgIpc) is 2.18. The molecule has 4 N–H and O–H groups in total. The molecule has 0 bridgehead atoms. The van der Waals surface area contributed by atoms with E-state index in [0.717, 1.165) is 0 Å². The number of hydrogen-bond donors (Lipinski definition) is 3. The maximum atomic E-state index is 11.7. The van der Waals surface area contributed by atoms with Crippen LogP contribution in [-0.2, 0) is 10.0 Å². The third kappa shape index (κ3) is 3.92. The molecule has 7 heteroatoms. The molecule has 0 radical (unpaired) electrons. The Balaban J connectivity index is 3.08. The lowest BCUT2D eigenvalue weighted by atomic mass is 10.1. The van der Waals surface area contributed by atoms with Crippen LogP contribution < -0.4 is 10.5 Å². The van der Waals surface area contributed by atoms with Crippen molar-refractivity contribution < 1.29 is 18.3 Å². The first kappa shape index (κ1) is 14.3. The number of hydrogen-bond acceptors (Lipinski definition) is 4. The molecule has 0 heterocycles. The van der Waals surface area contributed by atoms with Crippen molar-refractivity contribution >= 4 is 27.4 Å². The van der Waals surface area contributed by atoms with Crippen molar-refractivity contribution in [3.8, 4) is 0 Å². The summed E-state index contributed by atoms with van der Waals surface area (Å²) in [6.45, 7) is 3.53. The number of nitrogens with one attached hydrogen (secondary N) is 1. The van der Waals surface area contributed by atoms with Crippen molar-refractivity contribution in [3.63, 3.8) is 0 Å². The van der Waals surface area contributed by atoms with E-state index in [4.69, 9.17) is 10.8 Å². The first-order chi connectivity index (χ1) is 8.21. The first-order valence-corrected chi connectivity index (χ1v) is 7.00. The van der Waals surface area contributed by atoms with E-state index in [-0.39, 0.29) is 28.6 Å². The van der Waals surface area contributed by atoms with Crippen LogP contribution in [0, 0.1) is 5.92 Å². The van der Waals surface area contributed by atoms with Crippen LogP contribution in [0.15, 0.2) is 18.2 Å². The lowest BCUT2D eigenvalue weighted by Gasteiger charge is -2.12. The van der Waals surface area contributed by atoms with Crippen molar-refractivity contribution in [3.05, 3.63) is 23.8 Å². The van der Waals surface area contributed by atoms with Crippen molar-refractivity contribution in [2.45, 2.75) is 13.8 Å². The summed E-state index contributed by atoms with van der Waals surface area (Å²) in [6.07, 6.45) is 0. The minimum Gasteiger partial charge on any atom is -0.478 e. The molecule has 0 aliphatic heterocycles. The number of nitrogen functional groups attached to an aromatic ring is 1. The predicted octanol–water partition coefficient (Wildman–Crippen LogP) is 1.36. The van der Waals surface area contributed by atoms with E-state index in [1.165, 1.54) is 18.2 Å². The van der Waals surface area contributed by atoms with Crippen LogP contribution in [0.25, 0.3) is 0 Å². The van der Waals surface area contributed by atoms with Crippen molar-refractivity contribution in [1.82, 2.24) is 0 Å². The number of nitrogens with two attached hydrogens (primary N) is 1. The van der Waals surface area contributed by atoms with E-state index in [1.54, 1.807) is 13.8 Å². The Morgan fingerprint density at radius 1 is 1.44 bits per heavy atom. The van der Waals surface area contributed by atoms with Gasteiger partial charge in [-0.25, -0.2) is 13.2 Å². The third-order valence-corrected chi connectivity index (χ3v) is 3.73. The lowest BCUT2D eigenvalue weighted by molar-refractivity contribution is 0.0698. The molecule has 0 aliphatic rings. The monoisotopic (exact) mass is 272 g/mol. The molecule has 18 heavy (non-hydrogen) atoms. The third-order valence-electron chi connectivity index (χ3n) is 2.09. The van der Waals surface area contributed by atoms with Crippen LogP contribution in [0.3, 0.4) is 0 Å². The predicted molar refractivity (Wildman–Crippen MR) is 70.1 cm³/mol. The van der Waals surface area contributed by atoms with Gasteiger partial charge in [-0.1, -0.05) is 13.8 Å². The molecule has 0 aliphatic carbocycles. The Bertz CT molecular complexity index is 552. The molecule has 1 rings (SSSR count). The zero-order valence-corrected chi connectivity index (χ0v) is 11.0. The zero-order valence-electron chi connectivity index (χ0n) is 10.2. The molecule has 100 valence electrons. The molecular weight excluding hydrogens is 256 g/mol. The minimum absolute atomic E-state index is 0.0253. The van der Waals surface area contributed by atoms with Gasteiger partial charge >= 0.3 is 5.97 Å². The molecule has 0 aromatic heterocycles. The number of sulfonamides is 1. The van der Waals surface area contributed by atoms with Crippen LogP contribution in [0.5, 0.6) is 0 Å². The number of carboxylic acids is 1. The number of aromatic carboxylic acids is 1. The van der Waals surface area contributed by atoms with Gasteiger partial charge in [0.25, 0.3) is 0 Å². The van der Waals surface area contributed by atoms with Gasteiger partial charge in [-0.2, -0.15) is 0 Å². The van der Waals surface area contributed by atoms with Gasteiger partial charge in [0.15, 0.2) is 0 Å². The Kier molecular flexibility index (Phi) is 4.18. The summed E-state index contributed by atoms with van der Waals surface area (Å²) in [4.78, 5) is 11.0. The summed E-state index contributed by atoms with van der Waals surface area (Å²) in [5.41, 5.74) is 5.59. The van der Waals surface area contributed by atoms with E-state index < -0.39 is 16.0 Å². The van der Waals surface area contributed by atoms with Crippen molar-refractivity contribution in [1.29, 1.82) is 0 Å². The highest BCUT2D eigenvalue weighted by molar-refractivity contribution is 7.92. The summed E-state index contributed by atoms with van der Waals surface area (Å²) in [7, 11) is -3.56. The highest BCUT2D eigenvalue weighted by Crippen LogP contribution is 2.20. The van der Waals surface area contributed by atoms with E-state index in [2.05, 4.69) is 4.72 Å². The summed E-state index contributed by atoms with van der Waals surface area (Å²) in [6, 6.07) is 4.01. The second kappa shape index (κ2) is 5.26. The molecular formula is C11H16N2O4S. The molecule has 0 saturated heterocycles. The van der Waals surface area contributed by atoms with Gasteiger partial charge < -0.3 is 10.8 Å². The number of benzene rings is 1. The van der Waals surface area contributed by atoms with Gasteiger partial charge in [0.2, 0.25) is 10.0 Å². The van der Waals surface area contributed by atoms with Crippen LogP contribution in [0.4, 0.5) is 11.4 Å². The molecule has 0 atom stereocenters. The number of carbonyl (C=O) groups is 1. The van der Waals surface area contributed by atoms with Gasteiger partial charge in [-0.3, -0.25) is 4.72 Å². The first-order valence-electron chi connectivity index (χ1n) is 5.34. The molecule has 0 amide bonds. The Morgan fingerprint density at radius 3 is 2.56 bits per heavy atom. The number of rotatable bonds is 5. The molecule has 6 nitrogen and oxygen atoms in total. The number of carboxylic acid groups (broad SMARTS) is 1. The fraction of sp³-hybridized carbons (Fsp3) is 0.364. The molecule has 0 spiro atoms. The summed E-state index contributed by atoms with van der Waals surface area (Å²) < 4.78 is 25.7. The molecule has 0 fully saturated rings. The topological polar surface area (TPSA) is 109 Å². The summed E-state index contributed by atoms with van der Waals surface area (Å²) in [5, 5.41) is 8.98. The second-order valence-corrected chi connectivity index (χ2v) is 6.15. The molecule has 1 aromatic rings. The van der Waals surface area contributed by atoms with Crippen LogP contribution >= 0.6 is 0 Å². The molecule has 0 unspecified atom stereocenters. The normalized spacial score (nSPS) is 11.5. The Labute approximate surface area is 106 Å². The van der Waals surface area contributed by atoms with Crippen LogP contribution in [0.2, 0.25) is 0 Å². The van der Waals surface area contributed by atoms with E-state index in [0.29, 0.717) is 0 Å². The SMILES string of the molecule is CC(C)CS(=O)(=O)Nc1ccc(N)cc1C(=O)O. The quantitative estimate of drug-likeness (QED) is 0.701. The summed E-state index contributed by atoms with van der Waals surface area (Å²) >= 11 is 0. The second-order valence-electron chi connectivity index (χ2n) is 4.39. The van der Waals surface area contributed by atoms with Gasteiger partial charge in [-0.05, 0) is 24.1 Å². The zero-order chi connectivity index (χ0) is 13.9. The fourth-order valence-electron chi connectivity index (χ4n) is 1.48. The van der Waals surface area contributed by atoms with Crippen LogP contribution in [0.1, 0.15) is 24.2 Å². The Hall–Kier alpha value is -1.76. The summed E-state index contributed by atoms with van der Waals surface area (Å²) in [5.74, 6) is -1.36. The van der Waals surface area contributed by atoms with E-state index in [1.807, 2.05) is 0 Å². The highest BCUT2D eigenvalue weighted by Gasteiger charge is 2.17. The maximum Gasteiger partial charge on any atom is 0.337 e. The molecule has 0 saturated carbocycles. The van der Waals surface area contributed by atoms with E-state index >= 15 is 0 Å².